The van der Waals surface area contributed by atoms with Crippen molar-refractivity contribution >= 4 is 23.4 Å². The van der Waals surface area contributed by atoms with Crippen molar-refractivity contribution in [2.45, 2.75) is 38.5 Å². The fourth-order valence-corrected chi connectivity index (χ4v) is 5.75. The van der Waals surface area contributed by atoms with E-state index in [0.717, 1.165) is 76.9 Å². The van der Waals surface area contributed by atoms with Crippen LogP contribution in [-0.4, -0.2) is 57.8 Å². The largest absolute Gasteiger partial charge is 0.494 e. The normalized spacial score (nSPS) is 15.7. The second-order valence-corrected chi connectivity index (χ2v) is 11.1. The molecule has 3 heterocycles. The predicted octanol–water partition coefficient (Wildman–Crippen LogP) is 5.44. The highest BCUT2D eigenvalue weighted by molar-refractivity contribution is 5.91. The molecule has 0 spiro atoms. The van der Waals surface area contributed by atoms with Crippen molar-refractivity contribution in [3.63, 3.8) is 0 Å². The first-order valence-electron chi connectivity index (χ1n) is 13.9. The summed E-state index contributed by atoms with van der Waals surface area (Å²) in [6, 6.07) is 12.4. The van der Waals surface area contributed by atoms with Crippen molar-refractivity contribution in [2.24, 2.45) is 0 Å². The van der Waals surface area contributed by atoms with E-state index in [0.29, 0.717) is 12.2 Å². The number of ether oxygens (including phenoxy) is 2. The molecule has 0 bridgehead atoms. The number of aromatic nitrogens is 4. The number of aryl methyl sites for hydroxylation is 1. The number of carboxylic acids is 1. The van der Waals surface area contributed by atoms with Crippen LogP contribution in [0.5, 0.6) is 11.5 Å². The molecule has 2 aromatic heterocycles. The van der Waals surface area contributed by atoms with E-state index in [1.165, 1.54) is 13.2 Å². The zero-order valence-corrected chi connectivity index (χ0v) is 23.8. The minimum atomic E-state index is -1.01. The van der Waals surface area contributed by atoms with Gasteiger partial charge >= 0.3 is 5.97 Å². The highest BCUT2D eigenvalue weighted by Gasteiger charge is 2.36. The average Bonchev–Trinajstić information content (AvgIpc) is 3.61. The minimum absolute atomic E-state index is 0.161. The van der Waals surface area contributed by atoms with Crippen molar-refractivity contribution in [3.05, 3.63) is 82.9 Å². The van der Waals surface area contributed by atoms with Crippen LogP contribution >= 0.6 is 0 Å². The fraction of sp³-hybridized carbons (Fsp3) is 0.312. The molecule has 42 heavy (non-hydrogen) atoms. The van der Waals surface area contributed by atoms with Gasteiger partial charge in [0.15, 0.2) is 18.2 Å². The molecule has 1 saturated heterocycles. The van der Waals surface area contributed by atoms with Gasteiger partial charge in [0.1, 0.15) is 23.7 Å². The molecule has 0 atom stereocenters. The molecular formula is C32H32FN5O4. The number of H-pyrrole nitrogens is 1. The van der Waals surface area contributed by atoms with Crippen LogP contribution < -0.4 is 14.4 Å². The SMILES string of the molecule is COc1ccc(-c2nc(C3(C)CCN(c4ncnc5c4C=C(c4ccc(OCC(=O)O)cc4)C5)CC3)[nH]c2C)cc1F. The Morgan fingerprint density at radius 1 is 1.12 bits per heavy atom. The summed E-state index contributed by atoms with van der Waals surface area (Å²) < 4.78 is 24.7. The summed E-state index contributed by atoms with van der Waals surface area (Å²) in [5.41, 5.74) is 6.42. The van der Waals surface area contributed by atoms with E-state index in [1.807, 2.05) is 25.1 Å². The molecule has 2 aliphatic rings. The number of halogens is 1. The Labute approximate surface area is 243 Å². The maximum atomic E-state index is 14.4. The van der Waals surface area contributed by atoms with E-state index >= 15 is 0 Å². The maximum Gasteiger partial charge on any atom is 0.341 e. The third-order valence-corrected chi connectivity index (χ3v) is 8.26. The van der Waals surface area contributed by atoms with Crippen LogP contribution in [0.25, 0.3) is 22.9 Å². The number of rotatable bonds is 8. The number of carbonyl (C=O) groups is 1. The molecule has 1 aliphatic heterocycles. The molecule has 9 nitrogen and oxygen atoms in total. The Kier molecular flexibility index (Phi) is 7.14. The van der Waals surface area contributed by atoms with Gasteiger partial charge in [-0.15, -0.1) is 0 Å². The van der Waals surface area contributed by atoms with Gasteiger partial charge in [0.2, 0.25) is 0 Å². The summed E-state index contributed by atoms with van der Waals surface area (Å²) in [6.45, 7) is 5.45. The third kappa shape index (κ3) is 5.20. The highest BCUT2D eigenvalue weighted by atomic mass is 19.1. The predicted molar refractivity (Wildman–Crippen MR) is 157 cm³/mol. The van der Waals surface area contributed by atoms with Gasteiger partial charge in [-0.1, -0.05) is 19.1 Å². The average molecular weight is 570 g/mol. The lowest BCUT2D eigenvalue weighted by Crippen LogP contribution is -2.42. The fourth-order valence-electron chi connectivity index (χ4n) is 5.75. The van der Waals surface area contributed by atoms with Crippen molar-refractivity contribution in [1.82, 2.24) is 19.9 Å². The number of methoxy groups -OCH3 is 1. The number of allylic oxidation sites excluding steroid dienone is 1. The van der Waals surface area contributed by atoms with E-state index in [2.05, 4.69) is 32.9 Å². The monoisotopic (exact) mass is 569 g/mol. The van der Waals surface area contributed by atoms with Gasteiger partial charge in [0.05, 0.1) is 18.5 Å². The van der Waals surface area contributed by atoms with Crippen molar-refractivity contribution in [3.8, 4) is 22.8 Å². The van der Waals surface area contributed by atoms with Gasteiger partial charge in [-0.3, -0.25) is 0 Å². The first-order chi connectivity index (χ1) is 20.2. The van der Waals surface area contributed by atoms with Crippen LogP contribution in [0.4, 0.5) is 10.2 Å². The van der Waals surface area contributed by atoms with Gasteiger partial charge in [-0.05, 0) is 67.3 Å². The van der Waals surface area contributed by atoms with Gasteiger partial charge in [0.25, 0.3) is 0 Å². The second kappa shape index (κ2) is 10.9. The van der Waals surface area contributed by atoms with Crippen LogP contribution in [-0.2, 0) is 16.6 Å². The summed E-state index contributed by atoms with van der Waals surface area (Å²) in [6.07, 6.45) is 6.25. The van der Waals surface area contributed by atoms with E-state index in [4.69, 9.17) is 19.6 Å². The first-order valence-corrected chi connectivity index (χ1v) is 13.9. The lowest BCUT2D eigenvalue weighted by atomic mass is 9.79. The van der Waals surface area contributed by atoms with Crippen LogP contribution in [0, 0.1) is 12.7 Å². The van der Waals surface area contributed by atoms with Crippen molar-refractivity contribution in [1.29, 1.82) is 0 Å². The summed E-state index contributed by atoms with van der Waals surface area (Å²) in [7, 11) is 1.45. The molecule has 6 rings (SSSR count). The number of aromatic amines is 1. The topological polar surface area (TPSA) is 113 Å². The first kappa shape index (κ1) is 27.4. The third-order valence-electron chi connectivity index (χ3n) is 8.26. The molecule has 216 valence electrons. The smallest absolute Gasteiger partial charge is 0.341 e. The number of imidazole rings is 1. The number of anilines is 1. The second-order valence-electron chi connectivity index (χ2n) is 11.1. The zero-order chi connectivity index (χ0) is 29.4. The van der Waals surface area contributed by atoms with E-state index in [9.17, 15) is 9.18 Å². The molecule has 4 aromatic rings. The summed E-state index contributed by atoms with van der Waals surface area (Å²) >= 11 is 0. The quantitative estimate of drug-likeness (QED) is 0.288. The molecule has 1 fully saturated rings. The summed E-state index contributed by atoms with van der Waals surface area (Å²) in [5.74, 6) is 1.16. The lowest BCUT2D eigenvalue weighted by Gasteiger charge is -2.39. The number of nitrogens with one attached hydrogen (secondary N) is 1. The highest BCUT2D eigenvalue weighted by Crippen LogP contribution is 2.40. The van der Waals surface area contributed by atoms with Crippen molar-refractivity contribution in [2.75, 3.05) is 31.7 Å². The Hall–Kier alpha value is -4.73. The molecule has 1 aliphatic carbocycles. The molecule has 2 aromatic carbocycles. The van der Waals surface area contributed by atoms with Gasteiger partial charge in [0, 0.05) is 41.7 Å². The molecule has 0 amide bonds. The van der Waals surface area contributed by atoms with Crippen LogP contribution in [0.2, 0.25) is 0 Å². The van der Waals surface area contributed by atoms with Gasteiger partial charge in [-0.25, -0.2) is 24.1 Å². The Morgan fingerprint density at radius 3 is 2.55 bits per heavy atom. The number of fused-ring (bicyclic) bond motifs is 1. The Morgan fingerprint density at radius 2 is 1.86 bits per heavy atom. The number of hydrogen-bond acceptors (Lipinski definition) is 7. The Balaban J connectivity index is 1.17. The Bertz CT molecular complexity index is 1670. The van der Waals surface area contributed by atoms with E-state index < -0.39 is 11.8 Å². The molecule has 0 radical (unpaired) electrons. The standard InChI is InChI=1S/C32H32FN5O4/c1-19-29(21-6-9-27(41-3)25(33)15-21)37-31(36-19)32(2)10-12-38(13-11-32)30-24-14-22(16-26(24)34-18-35-30)20-4-7-23(8-5-20)42-17-28(39)40/h4-9,14-15,18H,10-13,16-17H2,1-3H3,(H,36,37)(H,39,40). The molecule has 10 heteroatoms. The maximum absolute atomic E-state index is 14.4. The lowest BCUT2D eigenvalue weighted by molar-refractivity contribution is -0.139. The summed E-state index contributed by atoms with van der Waals surface area (Å²) in [4.78, 5) is 30.8. The van der Waals surface area contributed by atoms with Crippen LogP contribution in [0.3, 0.4) is 0 Å². The van der Waals surface area contributed by atoms with Crippen molar-refractivity contribution < 1.29 is 23.8 Å². The molecule has 0 unspecified atom stereocenters. The van der Waals surface area contributed by atoms with Gasteiger partial charge in [-0.2, -0.15) is 0 Å². The number of hydrogen-bond donors (Lipinski definition) is 2. The minimum Gasteiger partial charge on any atom is -0.494 e. The van der Waals surface area contributed by atoms with E-state index in [-0.39, 0.29) is 17.8 Å². The van der Waals surface area contributed by atoms with Crippen LogP contribution in [0.1, 0.15) is 48.1 Å². The number of nitrogens with zero attached hydrogens (tertiary/aromatic N) is 4. The van der Waals surface area contributed by atoms with E-state index in [1.54, 1.807) is 24.5 Å². The molecule has 0 saturated carbocycles. The number of piperidine rings is 1. The summed E-state index contributed by atoms with van der Waals surface area (Å²) in [5, 5.41) is 8.83. The zero-order valence-electron chi connectivity index (χ0n) is 23.8. The number of benzene rings is 2. The van der Waals surface area contributed by atoms with Crippen LogP contribution in [0.15, 0.2) is 48.8 Å². The van der Waals surface area contributed by atoms with Gasteiger partial charge < -0.3 is 24.5 Å². The molecular weight excluding hydrogens is 537 g/mol. The number of carboxylic acid groups (broad SMARTS) is 1. The molecule has 2 N–H and O–H groups in total. The number of aliphatic carboxylic acids is 1.